The summed E-state index contributed by atoms with van der Waals surface area (Å²) in [5, 5.41) is 18.2. The second-order valence-electron chi connectivity index (χ2n) is 4.95. The molecule has 1 unspecified atom stereocenters. The van der Waals surface area contributed by atoms with Crippen LogP contribution in [-0.4, -0.2) is 51.9 Å². The molecule has 0 saturated heterocycles. The van der Waals surface area contributed by atoms with E-state index >= 15 is 0 Å². The zero-order valence-corrected chi connectivity index (χ0v) is 13.0. The van der Waals surface area contributed by atoms with E-state index in [1.54, 1.807) is 33.2 Å². The van der Waals surface area contributed by atoms with Crippen molar-refractivity contribution < 1.29 is 9.90 Å². The maximum atomic E-state index is 12.0. The molecule has 0 aliphatic carbocycles. The van der Waals surface area contributed by atoms with E-state index < -0.39 is 0 Å². The van der Waals surface area contributed by atoms with Crippen molar-refractivity contribution in [2.75, 3.05) is 25.5 Å². The van der Waals surface area contributed by atoms with E-state index in [1.807, 2.05) is 31.5 Å². The molecule has 0 aromatic carbocycles. The first kappa shape index (κ1) is 15.7. The third-order valence-corrected chi connectivity index (χ3v) is 4.14. The molecule has 0 spiro atoms. The number of carbonyl (C=O) groups is 1. The first-order valence-corrected chi connectivity index (χ1v) is 7.63. The Bertz CT molecular complexity index is 567. The summed E-state index contributed by atoms with van der Waals surface area (Å²) in [6.45, 7) is 2.77. The summed E-state index contributed by atoms with van der Waals surface area (Å²) in [7, 11) is 1.81. The summed E-state index contributed by atoms with van der Waals surface area (Å²) >= 11 is 1.66. The fourth-order valence-electron chi connectivity index (χ4n) is 1.82. The van der Waals surface area contributed by atoms with Gasteiger partial charge in [-0.25, -0.2) is 4.68 Å². The van der Waals surface area contributed by atoms with Crippen molar-refractivity contribution in [1.82, 2.24) is 14.7 Å². The van der Waals surface area contributed by atoms with Gasteiger partial charge in [0.1, 0.15) is 5.82 Å². The number of nitrogens with zero attached hydrogens (tertiary/aromatic N) is 3. The number of amides is 1. The Kier molecular flexibility index (Phi) is 5.49. The number of likely N-dealkylation sites (N-methyl/N-ethyl adjacent to an activating group) is 1. The Morgan fingerprint density at radius 3 is 3.05 bits per heavy atom. The number of nitrogens with one attached hydrogen (secondary N) is 1. The van der Waals surface area contributed by atoms with Crippen LogP contribution in [0.15, 0.2) is 29.8 Å². The molecular formula is C14H20N4O2S. The van der Waals surface area contributed by atoms with Crippen molar-refractivity contribution in [3.63, 3.8) is 0 Å². The maximum absolute atomic E-state index is 12.0. The molecule has 2 rings (SSSR count). The van der Waals surface area contributed by atoms with E-state index in [4.69, 9.17) is 5.11 Å². The van der Waals surface area contributed by atoms with Crippen LogP contribution in [0, 0.1) is 0 Å². The van der Waals surface area contributed by atoms with Crippen LogP contribution in [0.2, 0.25) is 0 Å². The highest BCUT2D eigenvalue weighted by molar-refractivity contribution is 7.09. The third-order valence-electron chi connectivity index (χ3n) is 3.28. The number of anilines is 1. The zero-order valence-electron chi connectivity index (χ0n) is 12.2. The Morgan fingerprint density at radius 2 is 2.38 bits per heavy atom. The van der Waals surface area contributed by atoms with Gasteiger partial charge in [-0.05, 0) is 25.4 Å². The number of rotatable bonds is 7. The number of thiophene rings is 1. The molecule has 21 heavy (non-hydrogen) atoms. The van der Waals surface area contributed by atoms with Crippen molar-refractivity contribution in [3.8, 4) is 0 Å². The van der Waals surface area contributed by atoms with Crippen LogP contribution in [0.5, 0.6) is 0 Å². The van der Waals surface area contributed by atoms with Gasteiger partial charge in [0.15, 0.2) is 0 Å². The molecule has 6 nitrogen and oxygen atoms in total. The van der Waals surface area contributed by atoms with Gasteiger partial charge in [0.25, 0.3) is 0 Å². The molecule has 0 aliphatic rings. The largest absolute Gasteiger partial charge is 0.395 e. The van der Waals surface area contributed by atoms with Gasteiger partial charge in [0, 0.05) is 17.0 Å². The van der Waals surface area contributed by atoms with Crippen molar-refractivity contribution in [2.24, 2.45) is 0 Å². The monoisotopic (exact) mass is 308 g/mol. The molecule has 7 heteroatoms. The lowest BCUT2D eigenvalue weighted by molar-refractivity contribution is -0.117. The third kappa shape index (κ3) is 4.38. The number of aliphatic hydroxyl groups is 1. The summed E-state index contributed by atoms with van der Waals surface area (Å²) in [6.07, 6.45) is 1.67. The highest BCUT2D eigenvalue weighted by atomic mass is 32.1. The fourth-order valence-corrected chi connectivity index (χ4v) is 2.50. The topological polar surface area (TPSA) is 70.4 Å². The first-order chi connectivity index (χ1) is 10.1. The van der Waals surface area contributed by atoms with Gasteiger partial charge in [0.05, 0.1) is 25.9 Å². The predicted molar refractivity (Wildman–Crippen MR) is 83.5 cm³/mol. The number of aliphatic hydroxyl groups excluding tert-OH is 1. The lowest BCUT2D eigenvalue weighted by atomic mass is 10.3. The highest BCUT2D eigenvalue weighted by Gasteiger charge is 2.14. The molecule has 2 aromatic rings. The number of hydrogen-bond donors (Lipinski definition) is 2. The van der Waals surface area contributed by atoms with E-state index in [2.05, 4.69) is 10.4 Å². The standard InChI is InChI=1S/C14H20N4O2S/c1-11(10-19)17(2)9-14(20)16-13-5-6-15-18(13)8-12-4-3-7-21-12/h3-7,11,19H,8-10H2,1-2H3,(H,16,20). The summed E-state index contributed by atoms with van der Waals surface area (Å²) in [5.74, 6) is 0.559. The second kappa shape index (κ2) is 7.35. The van der Waals surface area contributed by atoms with E-state index in [0.29, 0.717) is 12.4 Å². The Labute approximate surface area is 128 Å². The lowest BCUT2D eigenvalue weighted by Gasteiger charge is -2.22. The van der Waals surface area contributed by atoms with Crippen LogP contribution in [0.4, 0.5) is 5.82 Å². The molecule has 114 valence electrons. The number of aromatic nitrogens is 2. The molecule has 0 aliphatic heterocycles. The Balaban J connectivity index is 1.94. The number of hydrogen-bond acceptors (Lipinski definition) is 5. The highest BCUT2D eigenvalue weighted by Crippen LogP contribution is 2.14. The van der Waals surface area contributed by atoms with Gasteiger partial charge >= 0.3 is 0 Å². The first-order valence-electron chi connectivity index (χ1n) is 6.75. The Hall–Kier alpha value is -1.70. The normalized spacial score (nSPS) is 12.6. The maximum Gasteiger partial charge on any atom is 0.239 e. The van der Waals surface area contributed by atoms with E-state index in [1.165, 1.54) is 4.88 Å². The molecule has 2 N–H and O–H groups in total. The van der Waals surface area contributed by atoms with Crippen molar-refractivity contribution >= 4 is 23.1 Å². The van der Waals surface area contributed by atoms with Crippen LogP contribution in [0.25, 0.3) is 0 Å². The van der Waals surface area contributed by atoms with E-state index in [9.17, 15) is 4.79 Å². The van der Waals surface area contributed by atoms with Crippen LogP contribution in [0.3, 0.4) is 0 Å². The van der Waals surface area contributed by atoms with E-state index in [-0.39, 0.29) is 25.1 Å². The minimum absolute atomic E-state index is 0.0279. The Morgan fingerprint density at radius 1 is 1.57 bits per heavy atom. The molecule has 2 heterocycles. The van der Waals surface area contributed by atoms with Gasteiger partial charge in [-0.15, -0.1) is 11.3 Å². The fraction of sp³-hybridized carbons (Fsp3) is 0.429. The van der Waals surface area contributed by atoms with Crippen molar-refractivity contribution in [1.29, 1.82) is 0 Å². The predicted octanol–water partition coefficient (Wildman–Crippen LogP) is 1.24. The molecule has 2 aromatic heterocycles. The van der Waals surface area contributed by atoms with Crippen LogP contribution >= 0.6 is 11.3 Å². The molecule has 1 atom stereocenters. The minimum Gasteiger partial charge on any atom is -0.395 e. The molecular weight excluding hydrogens is 288 g/mol. The minimum atomic E-state index is -0.120. The second-order valence-corrected chi connectivity index (χ2v) is 5.98. The molecule has 1 amide bonds. The average molecular weight is 308 g/mol. The van der Waals surface area contributed by atoms with Gasteiger partial charge in [-0.2, -0.15) is 5.10 Å². The summed E-state index contributed by atoms with van der Waals surface area (Å²) in [4.78, 5) is 15.0. The van der Waals surface area contributed by atoms with Gasteiger partial charge in [-0.3, -0.25) is 9.69 Å². The smallest absolute Gasteiger partial charge is 0.239 e. The number of carbonyl (C=O) groups excluding carboxylic acids is 1. The zero-order chi connectivity index (χ0) is 15.2. The van der Waals surface area contributed by atoms with Gasteiger partial charge in [0.2, 0.25) is 5.91 Å². The average Bonchev–Trinajstić information content (AvgIpc) is 3.11. The summed E-state index contributed by atoms with van der Waals surface area (Å²) in [6, 6.07) is 5.76. The van der Waals surface area contributed by atoms with Gasteiger partial charge < -0.3 is 10.4 Å². The van der Waals surface area contributed by atoms with E-state index in [0.717, 1.165) is 0 Å². The van der Waals surface area contributed by atoms with Crippen molar-refractivity contribution in [3.05, 3.63) is 34.7 Å². The molecule has 0 radical (unpaired) electrons. The SMILES string of the molecule is CC(CO)N(C)CC(=O)Nc1ccnn1Cc1cccs1. The lowest BCUT2D eigenvalue weighted by Crippen LogP contribution is -2.38. The summed E-state index contributed by atoms with van der Waals surface area (Å²) in [5.41, 5.74) is 0. The quantitative estimate of drug-likeness (QED) is 0.807. The molecule has 0 bridgehead atoms. The van der Waals surface area contributed by atoms with Gasteiger partial charge in [-0.1, -0.05) is 6.07 Å². The van der Waals surface area contributed by atoms with Crippen molar-refractivity contribution in [2.45, 2.75) is 19.5 Å². The summed E-state index contributed by atoms with van der Waals surface area (Å²) < 4.78 is 1.76. The van der Waals surface area contributed by atoms with Crippen LogP contribution in [0.1, 0.15) is 11.8 Å². The van der Waals surface area contributed by atoms with Crippen LogP contribution in [-0.2, 0) is 11.3 Å². The molecule has 0 fully saturated rings. The molecule has 0 saturated carbocycles. The van der Waals surface area contributed by atoms with Crippen LogP contribution < -0.4 is 5.32 Å².